The molecular weight excluding hydrogens is 188 g/mol. The lowest BCUT2D eigenvalue weighted by atomic mass is 10.2. The van der Waals surface area contributed by atoms with Gasteiger partial charge in [-0.1, -0.05) is 18.8 Å². The fourth-order valence-corrected chi connectivity index (χ4v) is 1.86. The predicted molar refractivity (Wildman–Crippen MR) is 61.4 cm³/mol. The van der Waals surface area contributed by atoms with Crippen LogP contribution in [0.3, 0.4) is 0 Å². The quantitative estimate of drug-likeness (QED) is 0.645. The lowest BCUT2D eigenvalue weighted by Crippen LogP contribution is -2.39. The van der Waals surface area contributed by atoms with E-state index in [4.69, 9.17) is 6.42 Å². The van der Waals surface area contributed by atoms with Gasteiger partial charge in [-0.3, -0.25) is 9.69 Å². The first-order valence-electron chi connectivity index (χ1n) is 5.64. The molecule has 1 rings (SSSR count). The van der Waals surface area contributed by atoms with E-state index >= 15 is 0 Å². The zero-order chi connectivity index (χ0) is 11.1. The molecule has 1 saturated heterocycles. The van der Waals surface area contributed by atoms with Gasteiger partial charge in [0.15, 0.2) is 0 Å². The summed E-state index contributed by atoms with van der Waals surface area (Å²) in [5.74, 6) is 2.76. The van der Waals surface area contributed by atoms with Crippen molar-refractivity contribution in [1.82, 2.24) is 9.80 Å². The third-order valence-corrected chi connectivity index (χ3v) is 2.73. The van der Waals surface area contributed by atoms with Crippen LogP contribution in [0.4, 0.5) is 0 Å². The minimum absolute atomic E-state index is 0.217. The predicted octanol–water partition coefficient (Wildman–Crippen LogP) is 0.954. The van der Waals surface area contributed by atoms with Crippen LogP contribution in [-0.2, 0) is 4.79 Å². The van der Waals surface area contributed by atoms with Crippen molar-refractivity contribution in [2.24, 2.45) is 0 Å². The molecule has 0 N–H and O–H groups in total. The van der Waals surface area contributed by atoms with E-state index in [2.05, 4.69) is 5.92 Å². The molecule has 0 radical (unpaired) electrons. The van der Waals surface area contributed by atoms with E-state index in [0.29, 0.717) is 13.1 Å². The van der Waals surface area contributed by atoms with Crippen molar-refractivity contribution in [2.45, 2.75) is 25.7 Å². The van der Waals surface area contributed by atoms with Crippen molar-refractivity contribution in [3.8, 4) is 12.3 Å². The number of likely N-dealkylation sites (N-methyl/N-ethyl adjacent to an activating group) is 1. The number of carbonyl (C=O) groups excluding carboxylic acids is 1. The Morgan fingerprint density at radius 2 is 1.93 bits per heavy atom. The summed E-state index contributed by atoms with van der Waals surface area (Å²) < 4.78 is 0. The Bertz CT molecular complexity index is 236. The van der Waals surface area contributed by atoms with Crippen LogP contribution in [0.25, 0.3) is 0 Å². The third kappa shape index (κ3) is 4.35. The molecule has 1 heterocycles. The van der Waals surface area contributed by atoms with Crippen molar-refractivity contribution >= 4 is 5.91 Å². The summed E-state index contributed by atoms with van der Waals surface area (Å²) in [6.45, 7) is 2.83. The van der Waals surface area contributed by atoms with Crippen LogP contribution in [-0.4, -0.2) is 48.9 Å². The number of rotatable bonds is 3. The van der Waals surface area contributed by atoms with E-state index in [1.165, 1.54) is 12.8 Å². The van der Waals surface area contributed by atoms with Crippen LogP contribution in [0.15, 0.2) is 0 Å². The SMILES string of the molecule is C#CCN(C)CC(=O)N1CCCCCC1. The van der Waals surface area contributed by atoms with Crippen molar-refractivity contribution in [3.63, 3.8) is 0 Å². The van der Waals surface area contributed by atoms with E-state index in [-0.39, 0.29) is 5.91 Å². The Morgan fingerprint density at radius 1 is 1.33 bits per heavy atom. The first-order chi connectivity index (χ1) is 7.24. The highest BCUT2D eigenvalue weighted by atomic mass is 16.2. The molecule has 84 valence electrons. The van der Waals surface area contributed by atoms with Gasteiger partial charge in [-0.15, -0.1) is 6.42 Å². The maximum absolute atomic E-state index is 11.9. The number of terminal acetylenes is 1. The summed E-state index contributed by atoms with van der Waals surface area (Å²) >= 11 is 0. The van der Waals surface area contributed by atoms with Gasteiger partial charge >= 0.3 is 0 Å². The van der Waals surface area contributed by atoms with E-state index in [1.54, 1.807) is 0 Å². The number of hydrogen-bond acceptors (Lipinski definition) is 2. The van der Waals surface area contributed by atoms with Gasteiger partial charge in [-0.05, 0) is 19.9 Å². The fourth-order valence-electron chi connectivity index (χ4n) is 1.86. The molecular formula is C12H20N2O. The molecule has 0 unspecified atom stereocenters. The van der Waals surface area contributed by atoms with Crippen molar-refractivity contribution in [3.05, 3.63) is 0 Å². The lowest BCUT2D eigenvalue weighted by molar-refractivity contribution is -0.131. The third-order valence-electron chi connectivity index (χ3n) is 2.73. The van der Waals surface area contributed by atoms with Crippen molar-refractivity contribution in [1.29, 1.82) is 0 Å². The number of hydrogen-bond donors (Lipinski definition) is 0. The van der Waals surface area contributed by atoms with Gasteiger partial charge in [-0.25, -0.2) is 0 Å². The van der Waals surface area contributed by atoms with Crippen molar-refractivity contribution in [2.75, 3.05) is 33.2 Å². The van der Waals surface area contributed by atoms with Crippen LogP contribution in [0, 0.1) is 12.3 Å². The molecule has 0 atom stereocenters. The fraction of sp³-hybridized carbons (Fsp3) is 0.750. The Labute approximate surface area is 92.4 Å². The molecule has 1 amide bonds. The normalized spacial score (nSPS) is 17.3. The number of carbonyl (C=O) groups is 1. The smallest absolute Gasteiger partial charge is 0.236 e. The van der Waals surface area contributed by atoms with E-state index in [1.807, 2.05) is 16.8 Å². The molecule has 3 nitrogen and oxygen atoms in total. The first kappa shape index (κ1) is 12.1. The molecule has 1 fully saturated rings. The summed E-state index contributed by atoms with van der Waals surface area (Å²) in [5, 5.41) is 0. The minimum atomic E-state index is 0.217. The molecule has 0 aliphatic carbocycles. The Kier molecular flexibility index (Phi) is 5.20. The van der Waals surface area contributed by atoms with Gasteiger partial charge in [0.25, 0.3) is 0 Å². The number of likely N-dealkylation sites (tertiary alicyclic amines) is 1. The average Bonchev–Trinajstić information content (AvgIpc) is 2.45. The molecule has 1 aliphatic rings. The Hall–Kier alpha value is -1.01. The zero-order valence-corrected chi connectivity index (χ0v) is 9.54. The van der Waals surface area contributed by atoms with Crippen LogP contribution in [0.2, 0.25) is 0 Å². The standard InChI is InChI=1S/C12H20N2O/c1-3-8-13(2)11-12(15)14-9-6-4-5-7-10-14/h1H,4-11H2,2H3. The van der Waals surface area contributed by atoms with Gasteiger partial charge in [-0.2, -0.15) is 0 Å². The largest absolute Gasteiger partial charge is 0.342 e. The second kappa shape index (κ2) is 6.47. The monoisotopic (exact) mass is 208 g/mol. The topological polar surface area (TPSA) is 23.6 Å². The lowest BCUT2D eigenvalue weighted by Gasteiger charge is -2.23. The van der Waals surface area contributed by atoms with Gasteiger partial charge in [0, 0.05) is 13.1 Å². The van der Waals surface area contributed by atoms with E-state index < -0.39 is 0 Å². The summed E-state index contributed by atoms with van der Waals surface area (Å²) in [5.41, 5.74) is 0. The second-order valence-corrected chi connectivity index (χ2v) is 4.17. The van der Waals surface area contributed by atoms with Crippen LogP contribution in [0.1, 0.15) is 25.7 Å². The van der Waals surface area contributed by atoms with Crippen LogP contribution in [0.5, 0.6) is 0 Å². The highest BCUT2D eigenvalue weighted by Gasteiger charge is 2.16. The minimum Gasteiger partial charge on any atom is -0.342 e. The van der Waals surface area contributed by atoms with Gasteiger partial charge in [0.1, 0.15) is 0 Å². The van der Waals surface area contributed by atoms with Crippen LogP contribution < -0.4 is 0 Å². The van der Waals surface area contributed by atoms with Crippen molar-refractivity contribution < 1.29 is 4.79 Å². The molecule has 15 heavy (non-hydrogen) atoms. The molecule has 0 aromatic carbocycles. The number of nitrogens with zero attached hydrogens (tertiary/aromatic N) is 2. The molecule has 0 aromatic rings. The Morgan fingerprint density at radius 3 is 2.47 bits per heavy atom. The average molecular weight is 208 g/mol. The summed E-state index contributed by atoms with van der Waals surface area (Å²) in [4.78, 5) is 15.7. The highest BCUT2D eigenvalue weighted by Crippen LogP contribution is 2.09. The molecule has 3 heteroatoms. The second-order valence-electron chi connectivity index (χ2n) is 4.17. The summed E-state index contributed by atoms with van der Waals surface area (Å²) in [6, 6.07) is 0. The zero-order valence-electron chi connectivity index (χ0n) is 9.54. The van der Waals surface area contributed by atoms with Gasteiger partial charge in [0.05, 0.1) is 13.1 Å². The van der Waals surface area contributed by atoms with E-state index in [0.717, 1.165) is 25.9 Å². The summed E-state index contributed by atoms with van der Waals surface area (Å²) in [6.07, 6.45) is 9.99. The number of amides is 1. The Balaban J connectivity index is 2.34. The summed E-state index contributed by atoms with van der Waals surface area (Å²) in [7, 11) is 1.88. The molecule has 1 aliphatic heterocycles. The molecule has 0 aromatic heterocycles. The highest BCUT2D eigenvalue weighted by molar-refractivity contribution is 5.78. The van der Waals surface area contributed by atoms with Gasteiger partial charge in [0.2, 0.25) is 5.91 Å². The molecule has 0 bridgehead atoms. The van der Waals surface area contributed by atoms with Gasteiger partial charge < -0.3 is 4.90 Å². The molecule has 0 saturated carbocycles. The first-order valence-corrected chi connectivity index (χ1v) is 5.64. The van der Waals surface area contributed by atoms with Crippen LogP contribution >= 0.6 is 0 Å². The maximum atomic E-state index is 11.9. The molecule has 0 spiro atoms. The van der Waals surface area contributed by atoms with E-state index in [9.17, 15) is 4.79 Å². The maximum Gasteiger partial charge on any atom is 0.236 e.